The monoisotopic (exact) mass is 298 g/mol. The molecule has 1 rings (SSSR count). The van der Waals surface area contributed by atoms with Crippen molar-refractivity contribution in [1.82, 2.24) is 0 Å². The Hall–Kier alpha value is -1.75. The molecule has 0 fully saturated rings. The molecular weight excluding hydrogens is 280 g/mol. The van der Waals surface area contributed by atoms with E-state index in [0.29, 0.717) is 29.2 Å². The summed E-state index contributed by atoms with van der Waals surface area (Å²) in [6.45, 7) is 3.66. The quantitative estimate of drug-likeness (QED) is 0.721. The summed E-state index contributed by atoms with van der Waals surface area (Å²) in [5.41, 5.74) is 1.34. The van der Waals surface area contributed by atoms with E-state index in [-0.39, 0.29) is 18.4 Å². The van der Waals surface area contributed by atoms with Gasteiger partial charge in [-0.15, -0.1) is 0 Å². The second kappa shape index (κ2) is 7.75. The van der Waals surface area contributed by atoms with Gasteiger partial charge in [-0.25, -0.2) is 0 Å². The van der Waals surface area contributed by atoms with E-state index in [1.165, 1.54) is 0 Å². The van der Waals surface area contributed by atoms with Crippen molar-refractivity contribution in [3.8, 4) is 0 Å². The lowest BCUT2D eigenvalue weighted by Crippen LogP contribution is -2.17. The average Bonchev–Trinajstić information content (AvgIpc) is 2.40. The summed E-state index contributed by atoms with van der Waals surface area (Å²) in [4.78, 5) is 21.9. The van der Waals surface area contributed by atoms with Crippen LogP contribution in [0.15, 0.2) is 18.2 Å². The lowest BCUT2D eigenvalue weighted by molar-refractivity contribution is -0.137. The van der Waals surface area contributed by atoms with Gasteiger partial charge >= 0.3 is 5.97 Å². The normalized spacial score (nSPS) is 11.8. The highest BCUT2D eigenvalue weighted by Gasteiger charge is 2.09. The van der Waals surface area contributed by atoms with Crippen molar-refractivity contribution in [2.24, 2.45) is 0 Å². The number of carbonyl (C=O) groups excluding carboxylic acids is 1. The Morgan fingerprint density at radius 1 is 1.40 bits per heavy atom. The van der Waals surface area contributed by atoms with Crippen molar-refractivity contribution < 1.29 is 14.7 Å². The van der Waals surface area contributed by atoms with Crippen molar-refractivity contribution in [1.29, 1.82) is 0 Å². The van der Waals surface area contributed by atoms with E-state index in [1.807, 2.05) is 6.92 Å². The zero-order valence-electron chi connectivity index (χ0n) is 11.6. The highest BCUT2D eigenvalue weighted by atomic mass is 35.5. The molecule has 1 atom stereocenters. The third kappa shape index (κ3) is 5.48. The van der Waals surface area contributed by atoms with Gasteiger partial charge in [-0.1, -0.05) is 18.5 Å². The molecule has 3 N–H and O–H groups in total. The largest absolute Gasteiger partial charge is 0.481 e. The Bertz CT molecular complexity index is 491. The third-order valence-electron chi connectivity index (χ3n) is 2.76. The number of benzene rings is 1. The fourth-order valence-electron chi connectivity index (χ4n) is 1.64. The maximum absolute atomic E-state index is 11.3. The fourth-order valence-corrected chi connectivity index (χ4v) is 1.81. The maximum atomic E-state index is 11.3. The fraction of sp³-hybridized carbons (Fsp3) is 0.429. The van der Waals surface area contributed by atoms with E-state index < -0.39 is 5.97 Å². The molecule has 0 radical (unpaired) electrons. The van der Waals surface area contributed by atoms with Gasteiger partial charge in [-0.2, -0.15) is 0 Å². The number of carbonyl (C=O) groups is 2. The lowest BCUT2D eigenvalue weighted by atomic mass is 10.1. The molecule has 0 aliphatic rings. The van der Waals surface area contributed by atoms with Crippen LogP contribution in [0.25, 0.3) is 0 Å². The number of carboxylic acid groups (broad SMARTS) is 1. The summed E-state index contributed by atoms with van der Waals surface area (Å²) in [6.07, 6.45) is 0.996. The topological polar surface area (TPSA) is 78.4 Å². The molecule has 0 aliphatic carbocycles. The summed E-state index contributed by atoms with van der Waals surface area (Å²) in [7, 11) is 0. The summed E-state index contributed by atoms with van der Waals surface area (Å²) in [5.74, 6) is -0.897. The van der Waals surface area contributed by atoms with Gasteiger partial charge in [-0.3, -0.25) is 9.59 Å². The van der Waals surface area contributed by atoms with Crippen molar-refractivity contribution in [3.63, 3.8) is 0 Å². The molecular formula is C14H19ClN2O3. The Balaban J connectivity index is 2.70. The van der Waals surface area contributed by atoms with Crippen LogP contribution in [-0.2, 0) is 9.59 Å². The van der Waals surface area contributed by atoms with Crippen LogP contribution in [0.4, 0.5) is 11.4 Å². The summed E-state index contributed by atoms with van der Waals surface area (Å²) in [5, 5.41) is 15.1. The zero-order chi connectivity index (χ0) is 15.1. The minimum absolute atomic E-state index is 0.0271. The van der Waals surface area contributed by atoms with Gasteiger partial charge in [0.05, 0.1) is 10.7 Å². The first-order valence-electron chi connectivity index (χ1n) is 6.50. The van der Waals surface area contributed by atoms with Gasteiger partial charge in [0.25, 0.3) is 0 Å². The molecule has 0 aliphatic heterocycles. The van der Waals surface area contributed by atoms with Crippen molar-refractivity contribution in [2.45, 2.75) is 39.2 Å². The molecule has 0 aromatic heterocycles. The van der Waals surface area contributed by atoms with E-state index in [0.717, 1.165) is 0 Å². The maximum Gasteiger partial charge on any atom is 0.303 e. The molecule has 20 heavy (non-hydrogen) atoms. The van der Waals surface area contributed by atoms with Gasteiger partial charge in [-0.05, 0) is 31.5 Å². The Morgan fingerprint density at radius 3 is 2.70 bits per heavy atom. The Labute approximate surface area is 123 Å². The number of halogens is 1. The van der Waals surface area contributed by atoms with Crippen LogP contribution >= 0.6 is 11.6 Å². The second-order valence-corrected chi connectivity index (χ2v) is 4.98. The van der Waals surface area contributed by atoms with Gasteiger partial charge in [0, 0.05) is 24.6 Å². The Morgan fingerprint density at radius 2 is 2.10 bits per heavy atom. The standard InChI is InChI=1S/C14H19ClN2O3/c1-3-13(18)17-10-5-6-11(15)12(8-10)16-9(2)4-7-14(19)20/h5-6,8-9,16H,3-4,7H2,1-2H3,(H,17,18)(H,19,20). The number of rotatable bonds is 7. The van der Waals surface area contributed by atoms with Crippen LogP contribution in [0.1, 0.15) is 33.1 Å². The summed E-state index contributed by atoms with van der Waals surface area (Å²) < 4.78 is 0. The molecule has 0 spiro atoms. The van der Waals surface area contributed by atoms with Crippen LogP contribution < -0.4 is 10.6 Å². The third-order valence-corrected chi connectivity index (χ3v) is 3.09. The smallest absolute Gasteiger partial charge is 0.303 e. The molecule has 0 heterocycles. The van der Waals surface area contributed by atoms with E-state index in [1.54, 1.807) is 25.1 Å². The van der Waals surface area contributed by atoms with Crippen molar-refractivity contribution in [2.75, 3.05) is 10.6 Å². The minimum atomic E-state index is -0.825. The van der Waals surface area contributed by atoms with Crippen LogP contribution in [0.3, 0.4) is 0 Å². The highest BCUT2D eigenvalue weighted by Crippen LogP contribution is 2.26. The first-order chi connectivity index (χ1) is 9.42. The molecule has 1 amide bonds. The molecule has 5 nitrogen and oxygen atoms in total. The van der Waals surface area contributed by atoms with Crippen LogP contribution in [0, 0.1) is 0 Å². The molecule has 110 valence electrons. The second-order valence-electron chi connectivity index (χ2n) is 4.57. The number of hydrogen-bond acceptors (Lipinski definition) is 3. The molecule has 0 bridgehead atoms. The molecule has 0 saturated heterocycles. The van der Waals surface area contributed by atoms with Crippen molar-refractivity contribution in [3.05, 3.63) is 23.2 Å². The van der Waals surface area contributed by atoms with Crippen LogP contribution in [0.2, 0.25) is 5.02 Å². The predicted octanol–water partition coefficient (Wildman–Crippen LogP) is 3.35. The molecule has 0 saturated carbocycles. The molecule has 1 aromatic carbocycles. The van der Waals surface area contributed by atoms with E-state index in [4.69, 9.17) is 16.7 Å². The zero-order valence-corrected chi connectivity index (χ0v) is 12.3. The molecule has 1 aromatic rings. The average molecular weight is 299 g/mol. The van der Waals surface area contributed by atoms with Gasteiger partial charge < -0.3 is 15.7 Å². The van der Waals surface area contributed by atoms with E-state index in [9.17, 15) is 9.59 Å². The lowest BCUT2D eigenvalue weighted by Gasteiger charge is -2.16. The number of nitrogens with one attached hydrogen (secondary N) is 2. The van der Waals surface area contributed by atoms with Crippen molar-refractivity contribution >= 4 is 34.9 Å². The van der Waals surface area contributed by atoms with Gasteiger partial charge in [0.1, 0.15) is 0 Å². The molecule has 6 heteroatoms. The predicted molar refractivity (Wildman–Crippen MR) is 80.3 cm³/mol. The number of hydrogen-bond donors (Lipinski definition) is 3. The SMILES string of the molecule is CCC(=O)Nc1ccc(Cl)c(NC(C)CCC(=O)O)c1. The number of aliphatic carboxylic acids is 1. The van der Waals surface area contributed by atoms with Crippen LogP contribution in [0.5, 0.6) is 0 Å². The highest BCUT2D eigenvalue weighted by molar-refractivity contribution is 6.33. The van der Waals surface area contributed by atoms with E-state index >= 15 is 0 Å². The van der Waals surface area contributed by atoms with Gasteiger partial charge in [0.15, 0.2) is 0 Å². The van der Waals surface area contributed by atoms with Gasteiger partial charge in [0.2, 0.25) is 5.91 Å². The Kier molecular flexibility index (Phi) is 6.31. The number of anilines is 2. The molecule has 1 unspecified atom stereocenters. The number of carboxylic acids is 1. The minimum Gasteiger partial charge on any atom is -0.481 e. The first-order valence-corrected chi connectivity index (χ1v) is 6.88. The van der Waals surface area contributed by atoms with Crippen LogP contribution in [-0.4, -0.2) is 23.0 Å². The van der Waals surface area contributed by atoms with E-state index in [2.05, 4.69) is 10.6 Å². The number of amides is 1. The first kappa shape index (κ1) is 16.3. The summed E-state index contributed by atoms with van der Waals surface area (Å²) >= 11 is 6.08. The summed E-state index contributed by atoms with van der Waals surface area (Å²) in [6, 6.07) is 5.13.